The highest BCUT2D eigenvalue weighted by Crippen LogP contribution is 2.38. The standard InChI is InChI=1S/C24H35ClN10O/c1-24(2,36)19-13-34(7-6-33(19)3)18-9-14(10-26)8-17(20(18)25)30-23-31-21(29-15-4-5-15)22-28-12-16(11-27)35(22)32-23/h8-9,12,15,19,36H,4-7,10-11,13,26-27H2,1-3H3,(H2,29,30,31,32). The third-order valence-corrected chi connectivity index (χ3v) is 7.36. The van der Waals surface area contributed by atoms with Crippen molar-refractivity contribution >= 4 is 40.4 Å². The number of hydrogen-bond acceptors (Lipinski definition) is 10. The molecule has 1 saturated carbocycles. The largest absolute Gasteiger partial charge is 0.389 e. The van der Waals surface area contributed by atoms with Gasteiger partial charge in [-0.05, 0) is 51.4 Å². The smallest absolute Gasteiger partial charge is 0.247 e. The number of anilines is 4. The van der Waals surface area contributed by atoms with Crippen LogP contribution in [0.5, 0.6) is 0 Å². The van der Waals surface area contributed by atoms with Crippen molar-refractivity contribution in [3.63, 3.8) is 0 Å². The number of rotatable bonds is 8. The fraction of sp³-hybridized carbons (Fsp3) is 0.542. The highest BCUT2D eigenvalue weighted by Gasteiger charge is 2.36. The van der Waals surface area contributed by atoms with Crippen LogP contribution >= 0.6 is 11.6 Å². The Kier molecular flexibility index (Phi) is 6.69. The van der Waals surface area contributed by atoms with Crippen molar-refractivity contribution in [2.24, 2.45) is 11.5 Å². The maximum atomic E-state index is 10.7. The predicted molar refractivity (Wildman–Crippen MR) is 143 cm³/mol. The topological polar surface area (TPSA) is 146 Å². The summed E-state index contributed by atoms with van der Waals surface area (Å²) in [4.78, 5) is 13.6. The number of piperazine rings is 1. The van der Waals surface area contributed by atoms with Gasteiger partial charge in [-0.25, -0.2) is 9.50 Å². The second-order valence-electron chi connectivity index (χ2n) is 10.3. The van der Waals surface area contributed by atoms with E-state index in [1.165, 1.54) is 0 Å². The number of imidazole rings is 1. The summed E-state index contributed by atoms with van der Waals surface area (Å²) in [6, 6.07) is 4.30. The van der Waals surface area contributed by atoms with Gasteiger partial charge in [0, 0.05) is 38.8 Å². The normalized spacial score (nSPS) is 19.2. The quantitative estimate of drug-likeness (QED) is 0.302. The molecule has 0 amide bonds. The second kappa shape index (κ2) is 9.64. The summed E-state index contributed by atoms with van der Waals surface area (Å²) in [5.41, 5.74) is 15.0. The molecule has 0 radical (unpaired) electrons. The molecule has 11 nitrogen and oxygen atoms in total. The number of nitrogens with two attached hydrogens (primary N) is 2. The van der Waals surface area contributed by atoms with Crippen LogP contribution in [-0.2, 0) is 13.1 Å². The molecule has 1 unspecified atom stereocenters. The van der Waals surface area contributed by atoms with Crippen LogP contribution in [0.25, 0.3) is 5.65 Å². The average Bonchev–Trinajstić information content (AvgIpc) is 3.56. The molecule has 194 valence electrons. The minimum atomic E-state index is -0.855. The lowest BCUT2D eigenvalue weighted by Crippen LogP contribution is -2.59. The van der Waals surface area contributed by atoms with E-state index in [-0.39, 0.29) is 6.04 Å². The molecule has 1 aliphatic carbocycles. The number of hydrogen-bond donors (Lipinski definition) is 5. The number of halogens is 1. The molecule has 0 spiro atoms. The number of nitrogens with zero attached hydrogens (tertiary/aromatic N) is 6. The van der Waals surface area contributed by atoms with Gasteiger partial charge in [-0.3, -0.25) is 4.90 Å². The molecule has 2 aliphatic rings. The maximum Gasteiger partial charge on any atom is 0.247 e. The molecule has 3 heterocycles. The van der Waals surface area contributed by atoms with E-state index in [0.29, 0.717) is 53.8 Å². The van der Waals surface area contributed by atoms with Crippen LogP contribution < -0.4 is 27.0 Å². The van der Waals surface area contributed by atoms with Gasteiger partial charge in [-0.2, -0.15) is 4.98 Å². The zero-order chi connectivity index (χ0) is 25.6. The number of nitrogens with one attached hydrogen (secondary N) is 2. The van der Waals surface area contributed by atoms with Crippen molar-refractivity contribution in [1.29, 1.82) is 0 Å². The van der Waals surface area contributed by atoms with Gasteiger partial charge in [-0.1, -0.05) is 11.6 Å². The zero-order valence-corrected chi connectivity index (χ0v) is 21.8. The lowest BCUT2D eigenvalue weighted by Gasteiger charge is -2.45. The molecular formula is C24H35ClN10O. The molecule has 0 bridgehead atoms. The first-order chi connectivity index (χ1) is 17.2. The highest BCUT2D eigenvalue weighted by molar-refractivity contribution is 6.36. The molecule has 1 saturated heterocycles. The Morgan fingerprint density at radius 3 is 2.64 bits per heavy atom. The van der Waals surface area contributed by atoms with Gasteiger partial charge in [0.15, 0.2) is 11.5 Å². The van der Waals surface area contributed by atoms with Crippen LogP contribution in [0.15, 0.2) is 18.3 Å². The van der Waals surface area contributed by atoms with Crippen molar-refractivity contribution in [1.82, 2.24) is 24.5 Å². The Hall–Kier alpha value is -2.70. The number of likely N-dealkylation sites (N-methyl/N-ethyl adjacent to an activating group) is 1. The molecule has 1 aliphatic heterocycles. The van der Waals surface area contributed by atoms with Crippen LogP contribution in [0.2, 0.25) is 5.02 Å². The maximum absolute atomic E-state index is 10.7. The van der Waals surface area contributed by atoms with E-state index in [1.807, 2.05) is 33.0 Å². The molecule has 12 heteroatoms. The summed E-state index contributed by atoms with van der Waals surface area (Å²) in [7, 11) is 2.04. The first kappa shape index (κ1) is 25.0. The summed E-state index contributed by atoms with van der Waals surface area (Å²) in [6.45, 7) is 6.57. The highest BCUT2D eigenvalue weighted by atomic mass is 35.5. The van der Waals surface area contributed by atoms with Crippen molar-refractivity contribution in [3.8, 4) is 0 Å². The van der Waals surface area contributed by atoms with Gasteiger partial charge in [0.1, 0.15) is 0 Å². The zero-order valence-electron chi connectivity index (χ0n) is 21.0. The summed E-state index contributed by atoms with van der Waals surface area (Å²) < 4.78 is 1.72. The second-order valence-corrected chi connectivity index (χ2v) is 10.7. The van der Waals surface area contributed by atoms with Crippen molar-refractivity contribution < 1.29 is 5.11 Å². The van der Waals surface area contributed by atoms with Gasteiger partial charge in [0.2, 0.25) is 5.95 Å². The minimum Gasteiger partial charge on any atom is -0.389 e. The van der Waals surface area contributed by atoms with E-state index in [1.54, 1.807) is 10.7 Å². The number of benzene rings is 1. The molecule has 7 N–H and O–H groups in total. The van der Waals surface area contributed by atoms with Gasteiger partial charge >= 0.3 is 0 Å². The lowest BCUT2D eigenvalue weighted by atomic mass is 9.95. The fourth-order valence-electron chi connectivity index (χ4n) is 4.72. The minimum absolute atomic E-state index is 0.0435. The SMILES string of the molecule is CN1CCN(c2cc(CN)cc(Nc3nc(NC4CC4)c4ncc(CN)n4n3)c2Cl)CC1C(C)(C)O. The van der Waals surface area contributed by atoms with Crippen molar-refractivity contribution in [3.05, 3.63) is 34.6 Å². The van der Waals surface area contributed by atoms with Gasteiger partial charge < -0.3 is 32.1 Å². The molecule has 36 heavy (non-hydrogen) atoms. The summed E-state index contributed by atoms with van der Waals surface area (Å²) in [5, 5.41) is 22.7. The molecule has 2 fully saturated rings. The monoisotopic (exact) mass is 514 g/mol. The van der Waals surface area contributed by atoms with Crippen LogP contribution in [0, 0.1) is 0 Å². The van der Waals surface area contributed by atoms with Crippen molar-refractivity contribution in [2.75, 3.05) is 42.2 Å². The Balaban J connectivity index is 1.51. The number of aromatic nitrogens is 4. The van der Waals surface area contributed by atoms with Gasteiger partial charge in [0.05, 0.1) is 39.9 Å². The van der Waals surface area contributed by atoms with Crippen LogP contribution in [0.4, 0.5) is 23.1 Å². The number of aliphatic hydroxyl groups is 1. The van der Waals surface area contributed by atoms with Crippen molar-refractivity contribution in [2.45, 2.75) is 57.5 Å². The van der Waals surface area contributed by atoms with E-state index in [4.69, 9.17) is 28.1 Å². The average molecular weight is 515 g/mol. The third-order valence-electron chi connectivity index (χ3n) is 6.96. The van der Waals surface area contributed by atoms with E-state index in [2.05, 4.69) is 30.5 Å². The Labute approximate surface area is 215 Å². The molecule has 2 aromatic heterocycles. The molecule has 5 rings (SSSR count). The number of fused-ring (bicyclic) bond motifs is 1. The lowest BCUT2D eigenvalue weighted by molar-refractivity contribution is -0.0140. The summed E-state index contributed by atoms with van der Waals surface area (Å²) >= 11 is 6.98. The molecule has 3 aromatic rings. The van der Waals surface area contributed by atoms with Crippen LogP contribution in [0.3, 0.4) is 0 Å². The first-order valence-electron chi connectivity index (χ1n) is 12.4. The first-order valence-corrected chi connectivity index (χ1v) is 12.7. The molecular weight excluding hydrogens is 480 g/mol. The molecule has 1 atom stereocenters. The predicted octanol–water partition coefficient (Wildman–Crippen LogP) is 1.90. The Bertz CT molecular complexity index is 1250. The van der Waals surface area contributed by atoms with E-state index < -0.39 is 5.60 Å². The van der Waals surface area contributed by atoms with Crippen LogP contribution in [-0.4, -0.2) is 74.0 Å². The Morgan fingerprint density at radius 2 is 1.97 bits per heavy atom. The van der Waals surface area contributed by atoms with Crippen LogP contribution in [0.1, 0.15) is 37.9 Å². The van der Waals surface area contributed by atoms with E-state index in [0.717, 1.165) is 42.9 Å². The molecule has 1 aromatic carbocycles. The summed E-state index contributed by atoms with van der Waals surface area (Å²) in [6.07, 6.45) is 3.93. The van der Waals surface area contributed by atoms with Gasteiger partial charge in [0.25, 0.3) is 0 Å². The van der Waals surface area contributed by atoms with E-state index in [9.17, 15) is 5.11 Å². The summed E-state index contributed by atoms with van der Waals surface area (Å²) in [5.74, 6) is 1.04. The fourth-order valence-corrected chi connectivity index (χ4v) is 4.99. The third kappa shape index (κ3) is 4.94. The van der Waals surface area contributed by atoms with E-state index >= 15 is 0 Å². The van der Waals surface area contributed by atoms with Gasteiger partial charge in [-0.15, -0.1) is 5.10 Å². The Morgan fingerprint density at radius 1 is 1.19 bits per heavy atom.